The third-order valence-corrected chi connectivity index (χ3v) is 4.41. The van der Waals surface area contributed by atoms with Crippen LogP contribution in [0.4, 0.5) is 17.6 Å². The number of hydrogen-bond donors (Lipinski definition) is 1. The minimum absolute atomic E-state index is 0.244. The summed E-state index contributed by atoms with van der Waals surface area (Å²) in [6.07, 6.45) is -3.73. The molecule has 0 spiro atoms. The van der Waals surface area contributed by atoms with Gasteiger partial charge in [0.1, 0.15) is 18.4 Å². The first kappa shape index (κ1) is 19.1. The monoisotopic (exact) mass is 383 g/mol. The largest absolute Gasteiger partial charge is 0.405 e. The van der Waals surface area contributed by atoms with Crippen LogP contribution in [0, 0.1) is 12.7 Å². The first-order valence-electron chi connectivity index (χ1n) is 8.38. The smallest absolute Gasteiger partial charge is 0.345 e. The number of benzene rings is 1. The highest BCUT2D eigenvalue weighted by molar-refractivity contribution is 6.07. The fourth-order valence-corrected chi connectivity index (χ4v) is 3.25. The zero-order chi connectivity index (χ0) is 19.8. The van der Waals surface area contributed by atoms with Crippen molar-refractivity contribution >= 4 is 22.7 Å². The quantitative estimate of drug-likeness (QED) is 0.829. The Kier molecular flexibility index (Phi) is 5.03. The van der Waals surface area contributed by atoms with Crippen LogP contribution in [0.2, 0.25) is 0 Å². The maximum Gasteiger partial charge on any atom is 0.405 e. The van der Waals surface area contributed by atoms with Crippen molar-refractivity contribution in [3.05, 3.63) is 41.3 Å². The van der Waals surface area contributed by atoms with E-state index in [1.807, 2.05) is 5.32 Å². The maximum absolute atomic E-state index is 13.5. The molecule has 2 amide bonds. The van der Waals surface area contributed by atoms with Crippen molar-refractivity contribution in [2.75, 3.05) is 13.1 Å². The van der Waals surface area contributed by atoms with Gasteiger partial charge in [0, 0.05) is 23.7 Å². The second-order valence-electron chi connectivity index (χ2n) is 6.46. The number of rotatable bonds is 3. The molecule has 0 bridgehead atoms. The van der Waals surface area contributed by atoms with E-state index in [0.29, 0.717) is 23.0 Å². The average Bonchev–Trinajstić information content (AvgIpc) is 3.07. The summed E-state index contributed by atoms with van der Waals surface area (Å²) < 4.78 is 50.5. The molecule has 1 unspecified atom stereocenters. The van der Waals surface area contributed by atoms with Crippen LogP contribution < -0.4 is 5.32 Å². The molecule has 5 nitrogen and oxygen atoms in total. The molecule has 144 valence electrons. The van der Waals surface area contributed by atoms with Gasteiger partial charge < -0.3 is 10.2 Å². The fourth-order valence-electron chi connectivity index (χ4n) is 3.25. The van der Waals surface area contributed by atoms with Gasteiger partial charge in [-0.2, -0.15) is 13.2 Å². The van der Waals surface area contributed by atoms with Gasteiger partial charge in [0.25, 0.3) is 5.91 Å². The molecule has 27 heavy (non-hydrogen) atoms. The number of halogens is 4. The zero-order valence-electron chi connectivity index (χ0n) is 14.4. The number of fused-ring (bicyclic) bond motifs is 1. The van der Waals surface area contributed by atoms with Crippen LogP contribution in [0.15, 0.2) is 24.3 Å². The van der Waals surface area contributed by atoms with Gasteiger partial charge >= 0.3 is 6.18 Å². The molecular formula is C18H17F4N3O2. The van der Waals surface area contributed by atoms with Crippen molar-refractivity contribution in [3.8, 4) is 0 Å². The van der Waals surface area contributed by atoms with E-state index in [0.717, 1.165) is 0 Å². The van der Waals surface area contributed by atoms with E-state index in [1.54, 1.807) is 6.92 Å². The summed E-state index contributed by atoms with van der Waals surface area (Å²) in [5, 5.41) is 2.26. The topological polar surface area (TPSA) is 62.3 Å². The molecule has 0 saturated carbocycles. The molecule has 1 aromatic carbocycles. The van der Waals surface area contributed by atoms with E-state index in [4.69, 9.17) is 0 Å². The normalized spacial score (nSPS) is 17.4. The number of nitrogens with zero attached hydrogens (tertiary/aromatic N) is 2. The lowest BCUT2D eigenvalue weighted by molar-refractivity contribution is -0.140. The molecule has 1 fully saturated rings. The lowest BCUT2D eigenvalue weighted by Gasteiger charge is -2.25. The summed E-state index contributed by atoms with van der Waals surface area (Å²) in [6, 6.07) is 4.40. The van der Waals surface area contributed by atoms with Crippen LogP contribution in [0.5, 0.6) is 0 Å². The van der Waals surface area contributed by atoms with Gasteiger partial charge in [-0.15, -0.1) is 0 Å². The summed E-state index contributed by atoms with van der Waals surface area (Å²) in [4.78, 5) is 30.6. The number of aryl methyl sites for hydroxylation is 1. The van der Waals surface area contributed by atoms with Crippen LogP contribution >= 0.6 is 0 Å². The first-order valence-corrected chi connectivity index (χ1v) is 8.38. The number of aromatic nitrogens is 1. The maximum atomic E-state index is 13.5. The van der Waals surface area contributed by atoms with E-state index in [1.165, 1.54) is 29.2 Å². The number of carbonyl (C=O) groups excluding carboxylic acids is 2. The Morgan fingerprint density at radius 3 is 2.74 bits per heavy atom. The van der Waals surface area contributed by atoms with Crippen LogP contribution in [0.1, 0.15) is 28.9 Å². The lowest BCUT2D eigenvalue weighted by atomic mass is 10.1. The SMILES string of the molecule is Cc1cc(C(=O)N2CCCC2C(=O)NCC(F)(F)F)c2ccc(F)cc2n1. The van der Waals surface area contributed by atoms with Crippen molar-refractivity contribution in [2.45, 2.75) is 32.0 Å². The van der Waals surface area contributed by atoms with E-state index >= 15 is 0 Å². The minimum atomic E-state index is -4.52. The Balaban J connectivity index is 1.89. The lowest BCUT2D eigenvalue weighted by Crippen LogP contribution is -2.48. The highest BCUT2D eigenvalue weighted by atomic mass is 19.4. The predicted octanol–water partition coefficient (Wildman–Crippen LogP) is 2.97. The molecule has 1 aromatic heterocycles. The van der Waals surface area contributed by atoms with E-state index in [9.17, 15) is 27.2 Å². The molecule has 2 heterocycles. The van der Waals surface area contributed by atoms with Crippen molar-refractivity contribution < 1.29 is 27.2 Å². The second-order valence-corrected chi connectivity index (χ2v) is 6.46. The third-order valence-electron chi connectivity index (χ3n) is 4.41. The van der Waals surface area contributed by atoms with E-state index in [-0.39, 0.29) is 18.5 Å². The summed E-state index contributed by atoms with van der Waals surface area (Å²) in [6.45, 7) is 0.465. The van der Waals surface area contributed by atoms with Crippen molar-refractivity contribution in [3.63, 3.8) is 0 Å². The fraction of sp³-hybridized carbons (Fsp3) is 0.389. The van der Waals surface area contributed by atoms with Gasteiger partial charge in [0.15, 0.2) is 0 Å². The van der Waals surface area contributed by atoms with Crippen molar-refractivity contribution in [1.82, 2.24) is 15.2 Å². The Bertz CT molecular complexity index is 893. The number of alkyl halides is 3. The molecule has 1 N–H and O–H groups in total. The number of amides is 2. The van der Waals surface area contributed by atoms with Crippen molar-refractivity contribution in [1.29, 1.82) is 0 Å². The molecule has 1 saturated heterocycles. The molecule has 1 aliphatic heterocycles. The summed E-state index contributed by atoms with van der Waals surface area (Å²) >= 11 is 0. The Labute approximate surface area is 152 Å². The van der Waals surface area contributed by atoms with Crippen LogP contribution in [0.25, 0.3) is 10.9 Å². The summed E-state index contributed by atoms with van der Waals surface area (Å²) in [7, 11) is 0. The number of likely N-dealkylation sites (tertiary alicyclic amines) is 1. The Morgan fingerprint density at radius 1 is 1.30 bits per heavy atom. The highest BCUT2D eigenvalue weighted by Gasteiger charge is 2.37. The summed E-state index contributed by atoms with van der Waals surface area (Å²) in [5.41, 5.74) is 1.04. The third kappa shape index (κ3) is 4.17. The molecular weight excluding hydrogens is 366 g/mol. The standard InChI is InChI=1S/C18H17F4N3O2/c1-10-7-13(12-5-4-11(19)8-14(12)24-10)17(27)25-6-2-3-15(25)16(26)23-9-18(20,21)22/h4-5,7-8,15H,2-3,6,9H2,1H3,(H,23,26). The first-order chi connectivity index (χ1) is 12.7. The zero-order valence-corrected chi connectivity index (χ0v) is 14.4. The van der Waals surface area contributed by atoms with Gasteiger partial charge in [-0.25, -0.2) is 4.39 Å². The summed E-state index contributed by atoms with van der Waals surface area (Å²) in [5.74, 6) is -1.81. The van der Waals surface area contributed by atoms with Crippen LogP contribution in [-0.4, -0.2) is 47.0 Å². The highest BCUT2D eigenvalue weighted by Crippen LogP contribution is 2.26. The van der Waals surface area contributed by atoms with E-state index in [2.05, 4.69) is 4.98 Å². The van der Waals surface area contributed by atoms with Crippen LogP contribution in [0.3, 0.4) is 0 Å². The number of hydrogen-bond acceptors (Lipinski definition) is 3. The van der Waals surface area contributed by atoms with Gasteiger partial charge in [-0.05, 0) is 38.0 Å². The van der Waals surface area contributed by atoms with Gasteiger partial charge in [0.2, 0.25) is 5.91 Å². The van der Waals surface area contributed by atoms with E-state index < -0.39 is 36.4 Å². The second kappa shape index (κ2) is 7.13. The predicted molar refractivity (Wildman–Crippen MR) is 89.6 cm³/mol. The number of pyridine rings is 1. The molecule has 0 aliphatic carbocycles. The average molecular weight is 383 g/mol. The van der Waals surface area contributed by atoms with Crippen molar-refractivity contribution in [2.24, 2.45) is 0 Å². The number of carbonyl (C=O) groups is 2. The van der Waals surface area contributed by atoms with Gasteiger partial charge in [0.05, 0.1) is 11.1 Å². The Morgan fingerprint density at radius 2 is 2.04 bits per heavy atom. The molecule has 0 radical (unpaired) electrons. The molecule has 9 heteroatoms. The van der Waals surface area contributed by atoms with Gasteiger partial charge in [-0.1, -0.05) is 0 Å². The minimum Gasteiger partial charge on any atom is -0.345 e. The Hall–Kier alpha value is -2.71. The molecule has 1 atom stereocenters. The molecule has 2 aromatic rings. The molecule has 3 rings (SSSR count). The van der Waals surface area contributed by atoms with Crippen LogP contribution in [-0.2, 0) is 4.79 Å². The molecule has 1 aliphatic rings. The number of nitrogens with one attached hydrogen (secondary N) is 1. The van der Waals surface area contributed by atoms with Gasteiger partial charge in [-0.3, -0.25) is 14.6 Å².